The smallest absolute Gasteiger partial charge is 0.253 e. The summed E-state index contributed by atoms with van der Waals surface area (Å²) < 4.78 is 15.1. The second-order valence-corrected chi connectivity index (χ2v) is 9.51. The lowest BCUT2D eigenvalue weighted by Gasteiger charge is -2.36. The first-order valence-electron chi connectivity index (χ1n) is 11.8. The number of benzene rings is 2. The number of H-pyrrole nitrogens is 1. The quantitative estimate of drug-likeness (QED) is 0.484. The Labute approximate surface area is 197 Å². The predicted molar refractivity (Wildman–Crippen MR) is 129 cm³/mol. The molecule has 1 saturated heterocycles. The van der Waals surface area contributed by atoms with Crippen molar-refractivity contribution in [2.45, 2.75) is 46.2 Å². The van der Waals surface area contributed by atoms with Gasteiger partial charge >= 0.3 is 0 Å². The molecule has 0 spiro atoms. The molecule has 5 rings (SSSR count). The van der Waals surface area contributed by atoms with Crippen molar-refractivity contribution in [2.24, 2.45) is 5.92 Å². The highest BCUT2D eigenvalue weighted by atomic mass is 19.1. The van der Waals surface area contributed by atoms with Crippen LogP contribution in [0.2, 0.25) is 0 Å². The van der Waals surface area contributed by atoms with E-state index < -0.39 is 0 Å². The van der Waals surface area contributed by atoms with Gasteiger partial charge in [-0.25, -0.2) is 9.07 Å². The van der Waals surface area contributed by atoms with Crippen LogP contribution < -0.4 is 5.56 Å². The summed E-state index contributed by atoms with van der Waals surface area (Å²) in [6, 6.07) is 12.1. The number of hydrogen-bond acceptors (Lipinski definition) is 5. The first kappa shape index (κ1) is 22.4. The van der Waals surface area contributed by atoms with E-state index in [2.05, 4.69) is 45.3 Å². The zero-order chi connectivity index (χ0) is 23.8. The van der Waals surface area contributed by atoms with E-state index in [4.69, 9.17) is 0 Å². The number of nitrogens with zero attached hydrogens (tertiary/aromatic N) is 5. The molecule has 0 aliphatic carbocycles. The molecule has 34 heavy (non-hydrogen) atoms. The molecule has 1 aliphatic rings. The van der Waals surface area contributed by atoms with E-state index in [-0.39, 0.29) is 17.4 Å². The van der Waals surface area contributed by atoms with Crippen LogP contribution in [-0.2, 0) is 6.54 Å². The monoisotopic (exact) mass is 460 g/mol. The third-order valence-corrected chi connectivity index (χ3v) is 6.87. The van der Waals surface area contributed by atoms with Crippen molar-refractivity contribution in [1.29, 1.82) is 0 Å². The molecule has 0 radical (unpaired) electrons. The highest BCUT2D eigenvalue weighted by Crippen LogP contribution is 2.32. The van der Waals surface area contributed by atoms with Gasteiger partial charge in [0.1, 0.15) is 11.9 Å². The minimum Gasteiger partial charge on any atom is -0.321 e. The zero-order valence-corrected chi connectivity index (χ0v) is 19.8. The molecule has 3 heterocycles. The number of pyridine rings is 1. The first-order valence-corrected chi connectivity index (χ1v) is 11.8. The molecule has 2 aromatic carbocycles. The Bertz CT molecular complexity index is 1380. The number of aromatic nitrogens is 5. The molecule has 4 aromatic rings. The first-order chi connectivity index (χ1) is 16.4. The lowest BCUT2D eigenvalue weighted by Crippen LogP contribution is -2.41. The number of piperidine rings is 1. The molecule has 8 heteroatoms. The van der Waals surface area contributed by atoms with Crippen molar-refractivity contribution in [3.05, 3.63) is 86.7 Å². The van der Waals surface area contributed by atoms with Crippen molar-refractivity contribution >= 4 is 10.9 Å². The van der Waals surface area contributed by atoms with Crippen LogP contribution >= 0.6 is 0 Å². The summed E-state index contributed by atoms with van der Waals surface area (Å²) in [7, 11) is 0. The molecular formula is C26H29FN6O. The highest BCUT2D eigenvalue weighted by Gasteiger charge is 2.33. The molecule has 0 saturated carbocycles. The van der Waals surface area contributed by atoms with Gasteiger partial charge in [-0.3, -0.25) is 9.69 Å². The summed E-state index contributed by atoms with van der Waals surface area (Å²) in [5, 5.41) is 13.6. The third-order valence-electron chi connectivity index (χ3n) is 6.87. The average Bonchev–Trinajstić information content (AvgIpc) is 3.26. The molecule has 176 valence electrons. The summed E-state index contributed by atoms with van der Waals surface area (Å²) in [4.78, 5) is 18.9. The van der Waals surface area contributed by atoms with Gasteiger partial charge in [0.25, 0.3) is 5.56 Å². The van der Waals surface area contributed by atoms with Gasteiger partial charge in [-0.1, -0.05) is 31.2 Å². The molecular weight excluding hydrogens is 431 g/mol. The zero-order valence-electron chi connectivity index (χ0n) is 19.8. The van der Waals surface area contributed by atoms with Gasteiger partial charge in [0, 0.05) is 17.5 Å². The summed E-state index contributed by atoms with van der Waals surface area (Å²) in [6.07, 6.45) is 2.22. The maximum absolute atomic E-state index is 13.5. The number of halogens is 1. The van der Waals surface area contributed by atoms with Crippen molar-refractivity contribution < 1.29 is 4.39 Å². The highest BCUT2D eigenvalue weighted by molar-refractivity contribution is 5.85. The fourth-order valence-electron chi connectivity index (χ4n) is 5.04. The van der Waals surface area contributed by atoms with Gasteiger partial charge in [0.15, 0.2) is 5.82 Å². The van der Waals surface area contributed by atoms with Crippen molar-refractivity contribution in [3.63, 3.8) is 0 Å². The van der Waals surface area contributed by atoms with Crippen LogP contribution in [0.3, 0.4) is 0 Å². The number of likely N-dealkylation sites (tertiary alicyclic amines) is 1. The van der Waals surface area contributed by atoms with Gasteiger partial charge < -0.3 is 4.98 Å². The minimum absolute atomic E-state index is 0.124. The maximum atomic E-state index is 13.5. The maximum Gasteiger partial charge on any atom is 0.253 e. The summed E-state index contributed by atoms with van der Waals surface area (Å²) in [5.74, 6) is 0.851. The summed E-state index contributed by atoms with van der Waals surface area (Å²) in [6.45, 7) is 8.42. The Balaban J connectivity index is 1.64. The number of fused-ring (bicyclic) bond motifs is 1. The Morgan fingerprint density at radius 1 is 1.15 bits per heavy atom. The molecule has 7 nitrogen and oxygen atoms in total. The van der Waals surface area contributed by atoms with E-state index in [9.17, 15) is 9.18 Å². The second-order valence-electron chi connectivity index (χ2n) is 9.51. The van der Waals surface area contributed by atoms with E-state index in [1.54, 1.807) is 16.8 Å². The normalized spacial score (nSPS) is 17.8. The predicted octanol–water partition coefficient (Wildman–Crippen LogP) is 4.14. The van der Waals surface area contributed by atoms with Crippen molar-refractivity contribution in [3.8, 4) is 0 Å². The lowest BCUT2D eigenvalue weighted by molar-refractivity contribution is 0.141. The molecule has 2 aromatic heterocycles. The fraction of sp³-hybridized carbons (Fsp3) is 0.385. The number of hydrogen-bond donors (Lipinski definition) is 1. The number of tetrazole rings is 1. The number of rotatable bonds is 5. The Hall–Kier alpha value is -3.39. The molecule has 0 bridgehead atoms. The van der Waals surface area contributed by atoms with Gasteiger partial charge in [-0.15, -0.1) is 5.10 Å². The number of aromatic amines is 1. The van der Waals surface area contributed by atoms with Crippen LogP contribution in [0.15, 0.2) is 47.3 Å². The van der Waals surface area contributed by atoms with Crippen LogP contribution in [0, 0.1) is 25.6 Å². The van der Waals surface area contributed by atoms with E-state index in [0.717, 1.165) is 53.5 Å². The molecule has 1 N–H and O–H groups in total. The average molecular weight is 461 g/mol. The van der Waals surface area contributed by atoms with Crippen LogP contribution in [0.5, 0.6) is 0 Å². The van der Waals surface area contributed by atoms with Gasteiger partial charge in [-0.2, -0.15) is 0 Å². The summed E-state index contributed by atoms with van der Waals surface area (Å²) in [5.41, 5.74) is 4.42. The number of aryl methyl sites for hydroxylation is 2. The van der Waals surface area contributed by atoms with E-state index >= 15 is 0 Å². The molecule has 0 amide bonds. The standard InChI is InChI=1S/C26H29FN6O/c1-16-5-4-12-32(14-16)24(22-13-21-17(2)6-7-18(3)23(21)28-26(22)34)25-29-30-31-33(25)15-19-8-10-20(27)11-9-19/h6-11,13,16,24H,4-5,12,14-15H2,1-3H3,(H,28,34)/t16-,24+/m1/s1. The van der Waals surface area contributed by atoms with Crippen LogP contribution in [0.25, 0.3) is 10.9 Å². The van der Waals surface area contributed by atoms with Gasteiger partial charge in [0.05, 0.1) is 12.1 Å². The van der Waals surface area contributed by atoms with Crippen LogP contribution in [0.4, 0.5) is 4.39 Å². The Kier molecular flexibility index (Phi) is 6.00. The molecule has 1 aliphatic heterocycles. The van der Waals surface area contributed by atoms with E-state index in [0.29, 0.717) is 23.9 Å². The minimum atomic E-state index is -0.383. The SMILES string of the molecule is Cc1ccc(C)c2[nH]c(=O)c([C@@H](c3nnnn3Cc3ccc(F)cc3)N3CCC[C@@H](C)C3)cc12. The van der Waals surface area contributed by atoms with Gasteiger partial charge in [-0.05, 0) is 84.5 Å². The largest absolute Gasteiger partial charge is 0.321 e. The van der Waals surface area contributed by atoms with Crippen molar-refractivity contribution in [1.82, 2.24) is 30.1 Å². The molecule has 0 unspecified atom stereocenters. The Morgan fingerprint density at radius 3 is 2.68 bits per heavy atom. The third kappa shape index (κ3) is 4.25. The Morgan fingerprint density at radius 2 is 1.91 bits per heavy atom. The fourth-order valence-corrected chi connectivity index (χ4v) is 5.04. The van der Waals surface area contributed by atoms with Gasteiger partial charge in [0.2, 0.25) is 0 Å². The summed E-state index contributed by atoms with van der Waals surface area (Å²) >= 11 is 0. The number of nitrogens with one attached hydrogen (secondary N) is 1. The van der Waals surface area contributed by atoms with Crippen molar-refractivity contribution in [2.75, 3.05) is 13.1 Å². The van der Waals surface area contributed by atoms with Crippen LogP contribution in [-0.4, -0.2) is 43.2 Å². The lowest BCUT2D eigenvalue weighted by atomic mass is 9.95. The molecule has 2 atom stereocenters. The van der Waals surface area contributed by atoms with E-state index in [1.165, 1.54) is 12.1 Å². The second kappa shape index (κ2) is 9.10. The van der Waals surface area contributed by atoms with Crippen LogP contribution in [0.1, 0.15) is 53.9 Å². The van der Waals surface area contributed by atoms with E-state index in [1.807, 2.05) is 19.1 Å². The topological polar surface area (TPSA) is 79.7 Å². The molecule has 1 fully saturated rings.